The van der Waals surface area contributed by atoms with Crippen LogP contribution in [0.4, 0.5) is 5.13 Å². The van der Waals surface area contributed by atoms with Gasteiger partial charge >= 0.3 is 5.97 Å². The number of hydrogen-bond acceptors (Lipinski definition) is 5. The standard InChI is InChI=1S/C13H20N2O3S/c1-4-9-7-18-8(3)6-15(9)13-14-10(5-2)11(19-13)12(16)17/h8-9H,4-7H2,1-3H3,(H,16,17). The zero-order chi connectivity index (χ0) is 14.0. The van der Waals surface area contributed by atoms with Crippen LogP contribution in [0, 0.1) is 0 Å². The van der Waals surface area contributed by atoms with E-state index in [1.54, 1.807) is 0 Å². The molecule has 2 heterocycles. The second-order valence-electron chi connectivity index (χ2n) is 4.79. The average Bonchev–Trinajstić information content (AvgIpc) is 2.82. The lowest BCUT2D eigenvalue weighted by Gasteiger charge is -2.38. The molecule has 0 aliphatic carbocycles. The molecule has 106 valence electrons. The van der Waals surface area contributed by atoms with E-state index in [2.05, 4.69) is 16.8 Å². The van der Waals surface area contributed by atoms with Crippen molar-refractivity contribution >= 4 is 22.4 Å². The quantitative estimate of drug-likeness (QED) is 0.920. The summed E-state index contributed by atoms with van der Waals surface area (Å²) >= 11 is 1.28. The number of hydrogen-bond donors (Lipinski definition) is 1. The highest BCUT2D eigenvalue weighted by atomic mass is 32.1. The highest BCUT2D eigenvalue weighted by Gasteiger charge is 2.29. The Hall–Kier alpha value is -1.14. The number of thiazole rings is 1. The van der Waals surface area contributed by atoms with Gasteiger partial charge in [0.15, 0.2) is 5.13 Å². The third-order valence-corrected chi connectivity index (χ3v) is 4.52. The molecule has 1 saturated heterocycles. The van der Waals surface area contributed by atoms with E-state index in [1.165, 1.54) is 11.3 Å². The van der Waals surface area contributed by atoms with Crippen molar-refractivity contribution in [1.29, 1.82) is 0 Å². The summed E-state index contributed by atoms with van der Waals surface area (Å²) in [5, 5.41) is 10.0. The van der Waals surface area contributed by atoms with Crippen LogP contribution < -0.4 is 4.90 Å². The Labute approximate surface area is 117 Å². The van der Waals surface area contributed by atoms with Crippen LogP contribution in [0.25, 0.3) is 0 Å². The van der Waals surface area contributed by atoms with Gasteiger partial charge in [-0.05, 0) is 19.8 Å². The van der Waals surface area contributed by atoms with Gasteiger partial charge in [-0.15, -0.1) is 0 Å². The lowest BCUT2D eigenvalue weighted by atomic mass is 10.1. The third-order valence-electron chi connectivity index (χ3n) is 3.40. The minimum Gasteiger partial charge on any atom is -0.477 e. The van der Waals surface area contributed by atoms with Gasteiger partial charge in [-0.25, -0.2) is 9.78 Å². The minimum atomic E-state index is -0.880. The van der Waals surface area contributed by atoms with Gasteiger partial charge in [0.2, 0.25) is 0 Å². The highest BCUT2D eigenvalue weighted by Crippen LogP contribution is 2.30. The zero-order valence-corrected chi connectivity index (χ0v) is 12.4. The summed E-state index contributed by atoms with van der Waals surface area (Å²) in [4.78, 5) is 18.3. The molecule has 6 heteroatoms. The number of ether oxygens (including phenoxy) is 1. The fourth-order valence-electron chi connectivity index (χ4n) is 2.29. The molecule has 2 atom stereocenters. The summed E-state index contributed by atoms with van der Waals surface area (Å²) in [5.41, 5.74) is 0.682. The average molecular weight is 284 g/mol. The molecular weight excluding hydrogens is 264 g/mol. The van der Waals surface area contributed by atoms with Gasteiger partial charge in [-0.1, -0.05) is 25.2 Å². The van der Waals surface area contributed by atoms with Gasteiger partial charge in [0, 0.05) is 6.54 Å². The maximum atomic E-state index is 11.2. The van der Waals surface area contributed by atoms with E-state index in [0.29, 0.717) is 23.6 Å². The lowest BCUT2D eigenvalue weighted by Crippen LogP contribution is -2.48. The molecular formula is C13H20N2O3S. The first kappa shape index (κ1) is 14.3. The number of morpholine rings is 1. The van der Waals surface area contributed by atoms with Gasteiger partial charge in [0.05, 0.1) is 24.4 Å². The van der Waals surface area contributed by atoms with Gasteiger partial charge in [0.25, 0.3) is 0 Å². The molecule has 19 heavy (non-hydrogen) atoms. The number of carbonyl (C=O) groups is 1. The number of anilines is 1. The minimum absolute atomic E-state index is 0.157. The van der Waals surface area contributed by atoms with E-state index in [9.17, 15) is 9.90 Å². The monoisotopic (exact) mass is 284 g/mol. The van der Waals surface area contributed by atoms with Crippen molar-refractivity contribution in [3.63, 3.8) is 0 Å². The molecule has 0 bridgehead atoms. The summed E-state index contributed by atoms with van der Waals surface area (Å²) in [6, 6.07) is 0.286. The van der Waals surface area contributed by atoms with Gasteiger partial charge < -0.3 is 14.7 Å². The summed E-state index contributed by atoms with van der Waals surface area (Å²) in [5.74, 6) is -0.880. The van der Waals surface area contributed by atoms with Crippen LogP contribution in [0.3, 0.4) is 0 Å². The Bertz CT molecular complexity index is 461. The molecule has 0 radical (unpaired) electrons. The van der Waals surface area contributed by atoms with Crippen LogP contribution in [0.2, 0.25) is 0 Å². The summed E-state index contributed by atoms with van der Waals surface area (Å²) in [6.07, 6.45) is 1.77. The van der Waals surface area contributed by atoms with Crippen molar-refractivity contribution < 1.29 is 14.6 Å². The maximum absolute atomic E-state index is 11.2. The number of aromatic nitrogens is 1. The van der Waals surface area contributed by atoms with Gasteiger partial charge in [-0.2, -0.15) is 0 Å². The predicted molar refractivity (Wildman–Crippen MR) is 75.3 cm³/mol. The molecule has 0 amide bonds. The van der Waals surface area contributed by atoms with Crippen molar-refractivity contribution in [2.75, 3.05) is 18.1 Å². The summed E-state index contributed by atoms with van der Waals surface area (Å²) in [7, 11) is 0. The third kappa shape index (κ3) is 2.90. The molecule has 1 fully saturated rings. The molecule has 5 nitrogen and oxygen atoms in total. The SMILES string of the molecule is CCc1nc(N2CC(C)OCC2CC)sc1C(=O)O. The van der Waals surface area contributed by atoms with Crippen molar-refractivity contribution in [2.45, 2.75) is 45.8 Å². The van der Waals surface area contributed by atoms with Crippen LogP contribution in [0.1, 0.15) is 42.6 Å². The van der Waals surface area contributed by atoms with Gasteiger partial charge in [0.1, 0.15) is 4.88 Å². The molecule has 0 aromatic carbocycles. The first-order valence-electron chi connectivity index (χ1n) is 6.68. The van der Waals surface area contributed by atoms with Gasteiger partial charge in [-0.3, -0.25) is 0 Å². The Kier molecular flexibility index (Phi) is 4.42. The van der Waals surface area contributed by atoms with Crippen LogP contribution in [-0.4, -0.2) is 41.4 Å². The maximum Gasteiger partial charge on any atom is 0.347 e. The number of aromatic carboxylic acids is 1. The van der Waals surface area contributed by atoms with Crippen LogP contribution in [-0.2, 0) is 11.2 Å². The highest BCUT2D eigenvalue weighted by molar-refractivity contribution is 7.17. The largest absolute Gasteiger partial charge is 0.477 e. The molecule has 0 saturated carbocycles. The molecule has 0 spiro atoms. The first-order valence-corrected chi connectivity index (χ1v) is 7.49. The summed E-state index contributed by atoms with van der Waals surface area (Å²) < 4.78 is 5.66. The second kappa shape index (κ2) is 5.88. The molecule has 1 aromatic rings. The number of nitrogens with zero attached hydrogens (tertiary/aromatic N) is 2. The van der Waals surface area contributed by atoms with Crippen molar-refractivity contribution in [1.82, 2.24) is 4.98 Å². The lowest BCUT2D eigenvalue weighted by molar-refractivity contribution is 0.0299. The topological polar surface area (TPSA) is 62.7 Å². The molecule has 1 aliphatic heterocycles. The Morgan fingerprint density at radius 1 is 1.58 bits per heavy atom. The number of carboxylic acid groups (broad SMARTS) is 1. The number of aryl methyl sites for hydroxylation is 1. The Morgan fingerprint density at radius 3 is 2.84 bits per heavy atom. The first-order chi connectivity index (χ1) is 9.06. The fourth-order valence-corrected chi connectivity index (χ4v) is 3.36. The predicted octanol–water partition coefficient (Wildman–Crippen LogP) is 2.41. The van der Waals surface area contributed by atoms with E-state index < -0.39 is 5.97 Å². The second-order valence-corrected chi connectivity index (χ2v) is 5.77. The van der Waals surface area contributed by atoms with Crippen molar-refractivity contribution in [3.8, 4) is 0 Å². The zero-order valence-electron chi connectivity index (χ0n) is 11.5. The molecule has 1 aliphatic rings. The van der Waals surface area contributed by atoms with E-state index in [-0.39, 0.29) is 12.1 Å². The number of rotatable bonds is 4. The van der Waals surface area contributed by atoms with Crippen LogP contribution in [0.5, 0.6) is 0 Å². The van der Waals surface area contributed by atoms with E-state index in [0.717, 1.165) is 18.1 Å². The molecule has 1 N–H and O–H groups in total. The number of carboxylic acids is 1. The fraction of sp³-hybridized carbons (Fsp3) is 0.692. The Morgan fingerprint density at radius 2 is 2.32 bits per heavy atom. The summed E-state index contributed by atoms with van der Waals surface area (Å²) in [6.45, 7) is 7.54. The van der Waals surface area contributed by atoms with Crippen LogP contribution >= 0.6 is 11.3 Å². The normalized spacial score (nSPS) is 23.6. The molecule has 1 aromatic heterocycles. The molecule has 2 rings (SSSR count). The smallest absolute Gasteiger partial charge is 0.347 e. The van der Waals surface area contributed by atoms with E-state index >= 15 is 0 Å². The molecule has 2 unspecified atom stereocenters. The van der Waals surface area contributed by atoms with E-state index in [1.807, 2.05) is 13.8 Å². The van der Waals surface area contributed by atoms with Crippen molar-refractivity contribution in [3.05, 3.63) is 10.6 Å². The van der Waals surface area contributed by atoms with Crippen LogP contribution in [0.15, 0.2) is 0 Å². The van der Waals surface area contributed by atoms with Crippen molar-refractivity contribution in [2.24, 2.45) is 0 Å². The Balaban J connectivity index is 2.31. The van der Waals surface area contributed by atoms with E-state index in [4.69, 9.17) is 4.74 Å².